The highest BCUT2D eigenvalue weighted by atomic mass is 19.1. The molecule has 7 nitrogen and oxygen atoms in total. The summed E-state index contributed by atoms with van der Waals surface area (Å²) in [4.78, 5) is 16.3. The topological polar surface area (TPSA) is 98.0 Å². The lowest BCUT2D eigenvalue weighted by molar-refractivity contribution is -0.121. The van der Waals surface area contributed by atoms with Crippen LogP contribution in [0.4, 0.5) is 4.39 Å². The monoisotopic (exact) mass is 408 g/mol. The summed E-state index contributed by atoms with van der Waals surface area (Å²) in [5, 5.41) is 6.41. The van der Waals surface area contributed by atoms with Gasteiger partial charge in [0.25, 0.3) is 0 Å². The molecule has 162 valence electrons. The van der Waals surface area contributed by atoms with Crippen LogP contribution in [0.15, 0.2) is 29.3 Å². The third kappa shape index (κ3) is 9.23. The third-order valence-electron chi connectivity index (χ3n) is 4.75. The zero-order chi connectivity index (χ0) is 20.9. The molecule has 1 aromatic rings. The number of nitrogens with zero attached hydrogens (tertiary/aromatic N) is 1. The zero-order valence-electron chi connectivity index (χ0n) is 17.2. The molecule has 2 unspecified atom stereocenters. The summed E-state index contributed by atoms with van der Waals surface area (Å²) >= 11 is 0. The lowest BCUT2D eigenvalue weighted by atomic mass is 9.99. The number of guanidine groups is 1. The first-order valence-corrected chi connectivity index (χ1v) is 10.3. The normalized spacial score (nSPS) is 17.9. The van der Waals surface area contributed by atoms with Gasteiger partial charge in [-0.15, -0.1) is 0 Å². The minimum absolute atomic E-state index is 0.264. The maximum Gasteiger partial charge on any atom is 0.222 e. The fourth-order valence-electron chi connectivity index (χ4n) is 3.05. The molecule has 0 radical (unpaired) electrons. The van der Waals surface area contributed by atoms with Gasteiger partial charge >= 0.3 is 0 Å². The Morgan fingerprint density at radius 1 is 1.38 bits per heavy atom. The first kappa shape index (κ1) is 23.1. The second kappa shape index (κ2) is 13.1. The Kier molecular flexibility index (Phi) is 10.4. The van der Waals surface area contributed by atoms with Gasteiger partial charge in [0, 0.05) is 32.2 Å². The maximum atomic E-state index is 13.1. The quantitative estimate of drug-likeness (QED) is 0.276. The van der Waals surface area contributed by atoms with Gasteiger partial charge in [-0.2, -0.15) is 0 Å². The smallest absolute Gasteiger partial charge is 0.222 e. The Balaban J connectivity index is 1.74. The lowest BCUT2D eigenvalue weighted by Gasteiger charge is -2.15. The van der Waals surface area contributed by atoms with E-state index in [2.05, 4.69) is 15.6 Å². The van der Waals surface area contributed by atoms with E-state index in [0.717, 1.165) is 38.2 Å². The van der Waals surface area contributed by atoms with Crippen molar-refractivity contribution in [2.45, 2.75) is 26.2 Å². The summed E-state index contributed by atoms with van der Waals surface area (Å²) in [5.74, 6) is -0.0107. The molecule has 4 N–H and O–H groups in total. The number of hydrogen-bond donors (Lipinski definition) is 3. The molecule has 2 atom stereocenters. The number of primary amides is 1. The Bertz CT molecular complexity index is 633. The molecule has 1 saturated heterocycles. The van der Waals surface area contributed by atoms with Gasteiger partial charge in [-0.3, -0.25) is 9.79 Å². The number of nitrogens with one attached hydrogen (secondary N) is 2. The highest BCUT2D eigenvalue weighted by molar-refractivity contribution is 5.81. The number of aliphatic imine (C=N–C) groups is 1. The zero-order valence-corrected chi connectivity index (χ0v) is 17.2. The summed E-state index contributed by atoms with van der Waals surface area (Å²) in [6, 6.07) is 6.08. The molecule has 0 aromatic heterocycles. The van der Waals surface area contributed by atoms with E-state index in [9.17, 15) is 9.18 Å². The maximum absolute atomic E-state index is 13.1. The largest absolute Gasteiger partial charge is 0.381 e. The number of hydrogen-bond acceptors (Lipinski definition) is 4. The van der Waals surface area contributed by atoms with Crippen LogP contribution in [0, 0.1) is 17.7 Å². The number of halogens is 1. The summed E-state index contributed by atoms with van der Waals surface area (Å²) < 4.78 is 24.1. The van der Waals surface area contributed by atoms with E-state index in [-0.39, 0.29) is 12.4 Å². The summed E-state index contributed by atoms with van der Waals surface area (Å²) in [7, 11) is 0. The molecule has 0 saturated carbocycles. The summed E-state index contributed by atoms with van der Waals surface area (Å²) in [6.45, 7) is 6.74. The van der Waals surface area contributed by atoms with Crippen LogP contribution >= 0.6 is 0 Å². The van der Waals surface area contributed by atoms with Crippen molar-refractivity contribution < 1.29 is 18.7 Å². The van der Waals surface area contributed by atoms with Crippen LogP contribution in [0.5, 0.6) is 0 Å². The number of carbonyl (C=O) groups is 1. The van der Waals surface area contributed by atoms with E-state index >= 15 is 0 Å². The van der Waals surface area contributed by atoms with Gasteiger partial charge in [-0.05, 0) is 43.9 Å². The highest BCUT2D eigenvalue weighted by Gasteiger charge is 2.17. The molecule has 0 aliphatic carbocycles. The average molecular weight is 409 g/mol. The number of nitrogens with two attached hydrogens (primary N) is 1. The molecule has 1 fully saturated rings. The second-order valence-corrected chi connectivity index (χ2v) is 7.23. The van der Waals surface area contributed by atoms with Gasteiger partial charge in [0.1, 0.15) is 5.82 Å². The Morgan fingerprint density at radius 2 is 2.17 bits per heavy atom. The van der Waals surface area contributed by atoms with Crippen LogP contribution in [-0.2, 0) is 20.7 Å². The SMILES string of the molecule is CCNC(=NCC(Cc1ccc(F)cc1)C(N)=O)NCCCOCC1CCOC1. The van der Waals surface area contributed by atoms with Crippen LogP contribution < -0.4 is 16.4 Å². The van der Waals surface area contributed by atoms with Crippen molar-refractivity contribution >= 4 is 11.9 Å². The van der Waals surface area contributed by atoms with Gasteiger partial charge in [0.15, 0.2) is 5.96 Å². The van der Waals surface area contributed by atoms with E-state index in [0.29, 0.717) is 38.0 Å². The van der Waals surface area contributed by atoms with E-state index in [1.807, 2.05) is 6.92 Å². The molecule has 1 aromatic carbocycles. The molecule has 29 heavy (non-hydrogen) atoms. The van der Waals surface area contributed by atoms with Crippen molar-refractivity contribution in [2.24, 2.45) is 22.6 Å². The number of rotatable bonds is 12. The molecule has 2 rings (SSSR count). The number of benzene rings is 1. The molecule has 0 bridgehead atoms. The van der Waals surface area contributed by atoms with Crippen LogP contribution in [0.2, 0.25) is 0 Å². The second-order valence-electron chi connectivity index (χ2n) is 7.23. The highest BCUT2D eigenvalue weighted by Crippen LogP contribution is 2.12. The predicted octanol–water partition coefficient (Wildman–Crippen LogP) is 1.47. The number of ether oxygens (including phenoxy) is 2. The molecule has 1 heterocycles. The van der Waals surface area contributed by atoms with E-state index < -0.39 is 11.8 Å². The molecular formula is C21H33FN4O3. The van der Waals surface area contributed by atoms with Crippen LogP contribution in [0.1, 0.15) is 25.3 Å². The minimum Gasteiger partial charge on any atom is -0.381 e. The van der Waals surface area contributed by atoms with Crippen molar-refractivity contribution in [2.75, 3.05) is 46.1 Å². The fraction of sp³-hybridized carbons (Fsp3) is 0.619. The molecule has 1 aliphatic rings. The van der Waals surface area contributed by atoms with Gasteiger partial charge in [-0.25, -0.2) is 4.39 Å². The number of carbonyl (C=O) groups excluding carboxylic acids is 1. The Labute approximate surface area is 172 Å². The van der Waals surface area contributed by atoms with Crippen molar-refractivity contribution in [3.05, 3.63) is 35.6 Å². The van der Waals surface area contributed by atoms with E-state index in [1.165, 1.54) is 12.1 Å². The average Bonchev–Trinajstić information content (AvgIpc) is 3.22. The first-order valence-electron chi connectivity index (χ1n) is 10.3. The molecule has 8 heteroatoms. The minimum atomic E-state index is -0.451. The Morgan fingerprint density at radius 3 is 2.83 bits per heavy atom. The van der Waals surface area contributed by atoms with E-state index in [4.69, 9.17) is 15.2 Å². The fourth-order valence-corrected chi connectivity index (χ4v) is 3.05. The Hall–Kier alpha value is -2.19. The lowest BCUT2D eigenvalue weighted by Crippen LogP contribution is -2.39. The predicted molar refractivity (Wildman–Crippen MR) is 111 cm³/mol. The van der Waals surface area contributed by atoms with Crippen molar-refractivity contribution in [3.63, 3.8) is 0 Å². The van der Waals surface area contributed by atoms with Crippen LogP contribution in [0.3, 0.4) is 0 Å². The molecule has 0 spiro atoms. The molecule has 1 amide bonds. The first-order chi connectivity index (χ1) is 14.1. The van der Waals surface area contributed by atoms with E-state index in [1.54, 1.807) is 12.1 Å². The standard InChI is InChI=1S/C21H33FN4O3/c1-2-24-21(25-9-3-10-28-14-17-8-11-29-15-17)26-13-18(20(23)27)12-16-4-6-19(22)7-5-16/h4-7,17-18H,2-3,8-15H2,1H3,(H2,23,27)(H2,24,25,26). The van der Waals surface area contributed by atoms with Gasteiger partial charge in [0.05, 0.1) is 25.7 Å². The molecule has 1 aliphatic heterocycles. The number of amides is 1. The summed E-state index contributed by atoms with van der Waals surface area (Å²) in [6.07, 6.45) is 2.36. The third-order valence-corrected chi connectivity index (χ3v) is 4.75. The van der Waals surface area contributed by atoms with Gasteiger partial charge < -0.3 is 25.8 Å². The van der Waals surface area contributed by atoms with Crippen molar-refractivity contribution in [3.8, 4) is 0 Å². The van der Waals surface area contributed by atoms with Crippen molar-refractivity contribution in [1.29, 1.82) is 0 Å². The van der Waals surface area contributed by atoms with Crippen LogP contribution in [-0.4, -0.2) is 57.9 Å². The molecular weight excluding hydrogens is 375 g/mol. The van der Waals surface area contributed by atoms with Gasteiger partial charge in [-0.1, -0.05) is 12.1 Å². The van der Waals surface area contributed by atoms with Gasteiger partial charge in [0.2, 0.25) is 5.91 Å². The van der Waals surface area contributed by atoms with Crippen molar-refractivity contribution in [1.82, 2.24) is 10.6 Å². The summed E-state index contributed by atoms with van der Waals surface area (Å²) in [5.41, 5.74) is 6.39. The van der Waals surface area contributed by atoms with Crippen LogP contribution in [0.25, 0.3) is 0 Å².